The molecule has 0 saturated carbocycles. The second-order valence-corrected chi connectivity index (χ2v) is 8.86. The number of carbonyl (C=O) groups is 3. The zero-order chi connectivity index (χ0) is 22.9. The van der Waals surface area contributed by atoms with Crippen LogP contribution in [0.25, 0.3) is 11.1 Å². The number of hydrogen-bond acceptors (Lipinski definition) is 4. The first kappa shape index (κ1) is 21.9. The second-order valence-electron chi connectivity index (χ2n) is 8.86. The van der Waals surface area contributed by atoms with Gasteiger partial charge in [0.1, 0.15) is 13.2 Å². The lowest BCUT2D eigenvalue weighted by molar-refractivity contribution is -0.151. The van der Waals surface area contributed by atoms with Crippen molar-refractivity contribution in [2.75, 3.05) is 26.2 Å². The normalized spacial score (nSPS) is 19.5. The number of hydrogen-bond donors (Lipinski definition) is 2. The van der Waals surface area contributed by atoms with Gasteiger partial charge in [-0.1, -0.05) is 62.4 Å². The highest BCUT2D eigenvalue weighted by Crippen LogP contribution is 2.44. The Balaban J connectivity index is 1.32. The number of benzene rings is 2. The third kappa shape index (κ3) is 3.83. The van der Waals surface area contributed by atoms with Crippen molar-refractivity contribution in [2.45, 2.75) is 26.2 Å². The van der Waals surface area contributed by atoms with Crippen LogP contribution in [0.3, 0.4) is 0 Å². The number of nitrogens with one attached hydrogen (secondary N) is 1. The standard InChI is InChI=1S/C25H28N2O5/c1-16(2)25(23(29)30)11-12-27(15-25)22(28)13-26-24(31)32-14-21-19-9-5-3-7-17(19)18-8-4-6-10-20(18)21/h3-10,16,21H,11-15H2,1-2H3,(H,26,31)(H,29,30). The maximum absolute atomic E-state index is 12.5. The van der Waals surface area contributed by atoms with Crippen LogP contribution in [0.2, 0.25) is 0 Å². The Morgan fingerprint density at radius 1 is 1.09 bits per heavy atom. The Bertz CT molecular complexity index is 1000. The zero-order valence-electron chi connectivity index (χ0n) is 18.3. The van der Waals surface area contributed by atoms with Crippen molar-refractivity contribution in [1.82, 2.24) is 10.2 Å². The quantitative estimate of drug-likeness (QED) is 0.723. The maximum Gasteiger partial charge on any atom is 0.407 e. The molecule has 2 aromatic rings. The number of amides is 2. The van der Waals surface area contributed by atoms with Crippen LogP contribution in [0.1, 0.15) is 37.3 Å². The average Bonchev–Trinajstić information content (AvgIpc) is 3.38. The van der Waals surface area contributed by atoms with Gasteiger partial charge in [0.15, 0.2) is 0 Å². The average molecular weight is 437 g/mol. The van der Waals surface area contributed by atoms with Gasteiger partial charge in [-0.05, 0) is 34.6 Å². The van der Waals surface area contributed by atoms with Crippen molar-refractivity contribution in [1.29, 1.82) is 0 Å². The number of carboxylic acid groups (broad SMARTS) is 1. The van der Waals surface area contributed by atoms with Crippen LogP contribution in [-0.2, 0) is 14.3 Å². The number of aliphatic carboxylic acids is 1. The fourth-order valence-corrected chi connectivity index (χ4v) is 4.85. The molecule has 1 heterocycles. The molecule has 2 N–H and O–H groups in total. The molecular weight excluding hydrogens is 408 g/mol. The number of carbonyl (C=O) groups excluding carboxylic acids is 2. The maximum atomic E-state index is 12.5. The highest BCUT2D eigenvalue weighted by molar-refractivity contribution is 5.84. The highest BCUT2D eigenvalue weighted by atomic mass is 16.5. The van der Waals surface area contributed by atoms with Crippen molar-refractivity contribution in [3.05, 3.63) is 59.7 Å². The third-order valence-electron chi connectivity index (χ3n) is 6.91. The predicted octanol–water partition coefficient (Wildman–Crippen LogP) is 3.48. The molecule has 1 unspecified atom stereocenters. The second kappa shape index (κ2) is 8.65. The summed E-state index contributed by atoms with van der Waals surface area (Å²) < 4.78 is 5.46. The van der Waals surface area contributed by atoms with Gasteiger partial charge in [-0.3, -0.25) is 9.59 Å². The molecule has 1 fully saturated rings. The summed E-state index contributed by atoms with van der Waals surface area (Å²) in [4.78, 5) is 38.1. The Morgan fingerprint density at radius 2 is 1.69 bits per heavy atom. The number of rotatable bonds is 6. The molecule has 7 heteroatoms. The van der Waals surface area contributed by atoms with E-state index in [4.69, 9.17) is 4.74 Å². The van der Waals surface area contributed by atoms with Crippen molar-refractivity contribution >= 4 is 18.0 Å². The molecular formula is C25H28N2O5. The van der Waals surface area contributed by atoms with Crippen LogP contribution in [0.5, 0.6) is 0 Å². The summed E-state index contributed by atoms with van der Waals surface area (Å²) >= 11 is 0. The smallest absolute Gasteiger partial charge is 0.407 e. The van der Waals surface area contributed by atoms with Gasteiger partial charge in [-0.15, -0.1) is 0 Å². The first-order chi connectivity index (χ1) is 15.3. The summed E-state index contributed by atoms with van der Waals surface area (Å²) in [7, 11) is 0. The molecule has 0 radical (unpaired) electrons. The van der Waals surface area contributed by atoms with Crippen molar-refractivity contribution in [2.24, 2.45) is 11.3 Å². The van der Waals surface area contributed by atoms with Gasteiger partial charge < -0.3 is 20.1 Å². The summed E-state index contributed by atoms with van der Waals surface area (Å²) in [5, 5.41) is 12.2. The number of alkyl carbamates (subject to hydrolysis) is 1. The summed E-state index contributed by atoms with van der Waals surface area (Å²) in [6.07, 6.45) is -0.246. The number of carboxylic acids is 1. The monoisotopic (exact) mass is 436 g/mol. The van der Waals surface area contributed by atoms with Gasteiger partial charge >= 0.3 is 12.1 Å². The fourth-order valence-electron chi connectivity index (χ4n) is 4.85. The highest BCUT2D eigenvalue weighted by Gasteiger charge is 2.48. The fraction of sp³-hybridized carbons (Fsp3) is 0.400. The molecule has 2 amide bonds. The van der Waals surface area contributed by atoms with E-state index in [-0.39, 0.29) is 37.4 Å². The van der Waals surface area contributed by atoms with Gasteiger partial charge in [-0.25, -0.2) is 4.79 Å². The molecule has 4 rings (SSSR count). The van der Waals surface area contributed by atoms with Crippen LogP contribution in [-0.4, -0.2) is 54.2 Å². The first-order valence-electron chi connectivity index (χ1n) is 10.9. The van der Waals surface area contributed by atoms with Gasteiger partial charge in [0, 0.05) is 19.0 Å². The molecule has 1 atom stereocenters. The number of fused-ring (bicyclic) bond motifs is 3. The van der Waals surface area contributed by atoms with E-state index in [0.29, 0.717) is 13.0 Å². The minimum atomic E-state index is -0.931. The Labute approximate surface area is 187 Å². The number of likely N-dealkylation sites (tertiary alicyclic amines) is 1. The molecule has 32 heavy (non-hydrogen) atoms. The predicted molar refractivity (Wildman–Crippen MR) is 119 cm³/mol. The van der Waals surface area contributed by atoms with E-state index >= 15 is 0 Å². The molecule has 0 spiro atoms. The van der Waals surface area contributed by atoms with Crippen LogP contribution in [0.15, 0.2) is 48.5 Å². The van der Waals surface area contributed by atoms with E-state index in [1.807, 2.05) is 50.2 Å². The van der Waals surface area contributed by atoms with Crippen LogP contribution in [0, 0.1) is 11.3 Å². The van der Waals surface area contributed by atoms with Gasteiger partial charge in [-0.2, -0.15) is 0 Å². The molecule has 7 nitrogen and oxygen atoms in total. The summed E-state index contributed by atoms with van der Waals surface area (Å²) in [6.45, 7) is 4.20. The molecule has 0 aromatic heterocycles. The van der Waals surface area contributed by atoms with E-state index in [9.17, 15) is 19.5 Å². The van der Waals surface area contributed by atoms with Crippen molar-refractivity contribution in [3.63, 3.8) is 0 Å². The molecule has 2 aromatic carbocycles. The Morgan fingerprint density at radius 3 is 2.22 bits per heavy atom. The SMILES string of the molecule is CC(C)C1(C(=O)O)CCN(C(=O)CNC(=O)OCC2c3ccccc3-c3ccccc32)C1. The first-order valence-corrected chi connectivity index (χ1v) is 10.9. The summed E-state index contributed by atoms with van der Waals surface area (Å²) in [5.41, 5.74) is 3.60. The molecule has 1 aliphatic carbocycles. The number of ether oxygens (including phenoxy) is 1. The van der Waals surface area contributed by atoms with E-state index < -0.39 is 17.5 Å². The van der Waals surface area contributed by atoms with Crippen LogP contribution in [0.4, 0.5) is 4.79 Å². The topological polar surface area (TPSA) is 95.9 Å². The molecule has 168 valence electrons. The summed E-state index contributed by atoms with van der Waals surface area (Å²) in [5.74, 6) is -1.33. The van der Waals surface area contributed by atoms with Gasteiger partial charge in [0.25, 0.3) is 0 Å². The minimum Gasteiger partial charge on any atom is -0.481 e. The largest absolute Gasteiger partial charge is 0.481 e. The lowest BCUT2D eigenvalue weighted by Crippen LogP contribution is -2.43. The van der Waals surface area contributed by atoms with Crippen LogP contribution >= 0.6 is 0 Å². The third-order valence-corrected chi connectivity index (χ3v) is 6.91. The summed E-state index contributed by atoms with van der Waals surface area (Å²) in [6, 6.07) is 16.2. The van der Waals surface area contributed by atoms with Crippen molar-refractivity contribution in [3.8, 4) is 11.1 Å². The van der Waals surface area contributed by atoms with E-state index in [2.05, 4.69) is 17.4 Å². The van der Waals surface area contributed by atoms with Crippen LogP contribution < -0.4 is 5.32 Å². The van der Waals surface area contributed by atoms with E-state index in [1.165, 1.54) is 4.90 Å². The zero-order valence-corrected chi connectivity index (χ0v) is 18.3. The van der Waals surface area contributed by atoms with Gasteiger partial charge in [0.2, 0.25) is 5.91 Å². The minimum absolute atomic E-state index is 0.0512. The lowest BCUT2D eigenvalue weighted by Gasteiger charge is -2.28. The van der Waals surface area contributed by atoms with E-state index in [0.717, 1.165) is 22.3 Å². The molecule has 1 saturated heterocycles. The van der Waals surface area contributed by atoms with E-state index in [1.54, 1.807) is 0 Å². The lowest BCUT2D eigenvalue weighted by atomic mass is 9.76. The van der Waals surface area contributed by atoms with Crippen molar-refractivity contribution < 1.29 is 24.2 Å². The molecule has 2 aliphatic rings. The Kier molecular flexibility index (Phi) is 5.91. The molecule has 1 aliphatic heterocycles. The number of nitrogens with zero attached hydrogens (tertiary/aromatic N) is 1. The Hall–Kier alpha value is -3.35. The molecule has 0 bridgehead atoms. The van der Waals surface area contributed by atoms with Gasteiger partial charge in [0.05, 0.1) is 5.41 Å².